The maximum Gasteiger partial charge on any atom is 0.251 e. The van der Waals surface area contributed by atoms with E-state index >= 15 is 0 Å². The largest absolute Gasteiger partial charge is 0.493 e. The number of aliphatic hydroxyl groups excluding tert-OH is 1. The van der Waals surface area contributed by atoms with E-state index in [1.807, 2.05) is 0 Å². The highest BCUT2D eigenvalue weighted by Crippen LogP contribution is 2.36. The molecule has 0 bridgehead atoms. The lowest BCUT2D eigenvalue weighted by Gasteiger charge is -2.17. The number of para-hydroxylation sites is 1. The number of benzene rings is 2. The van der Waals surface area contributed by atoms with Crippen molar-refractivity contribution in [2.75, 3.05) is 33.9 Å². The highest BCUT2D eigenvalue weighted by Gasteiger charge is 2.17. The summed E-state index contributed by atoms with van der Waals surface area (Å²) in [5.41, 5.74) is 0.140. The molecule has 10 heteroatoms. The molecular weight excluding hydrogens is 424 g/mol. The molecule has 0 radical (unpaired) electrons. The first-order chi connectivity index (χ1) is 14.8. The van der Waals surface area contributed by atoms with E-state index in [9.17, 15) is 18.3 Å². The van der Waals surface area contributed by atoms with Crippen LogP contribution in [0.3, 0.4) is 0 Å². The van der Waals surface area contributed by atoms with Gasteiger partial charge in [0.2, 0.25) is 15.8 Å². The van der Waals surface area contributed by atoms with Crippen LogP contribution in [-0.4, -0.2) is 59.5 Å². The minimum absolute atomic E-state index is 0.0471. The Morgan fingerprint density at radius 1 is 1.16 bits per heavy atom. The first-order valence-corrected chi connectivity index (χ1v) is 10.8. The van der Waals surface area contributed by atoms with Gasteiger partial charge in [0, 0.05) is 18.7 Å². The number of hydrogen-bond donors (Lipinski definition) is 3. The number of ether oxygens (including phenoxy) is 3. The first kappa shape index (κ1) is 24.2. The van der Waals surface area contributed by atoms with E-state index in [2.05, 4.69) is 16.6 Å². The van der Waals surface area contributed by atoms with E-state index in [0.29, 0.717) is 17.2 Å². The van der Waals surface area contributed by atoms with Crippen LogP contribution in [0.5, 0.6) is 17.2 Å². The van der Waals surface area contributed by atoms with Crippen molar-refractivity contribution < 1.29 is 32.5 Å². The average molecular weight is 451 g/mol. The molecule has 168 valence electrons. The van der Waals surface area contributed by atoms with Gasteiger partial charge in [-0.1, -0.05) is 18.2 Å². The molecule has 31 heavy (non-hydrogen) atoms. The summed E-state index contributed by atoms with van der Waals surface area (Å²) in [7, 11) is -0.785. The lowest BCUT2D eigenvalue weighted by Crippen LogP contribution is -2.35. The van der Waals surface area contributed by atoms with Gasteiger partial charge >= 0.3 is 0 Å². The third-order valence-corrected chi connectivity index (χ3v) is 5.55. The van der Waals surface area contributed by atoms with Crippen LogP contribution in [0.2, 0.25) is 0 Å². The molecule has 0 saturated heterocycles. The fourth-order valence-electron chi connectivity index (χ4n) is 2.57. The Kier molecular flexibility index (Phi) is 8.86. The summed E-state index contributed by atoms with van der Waals surface area (Å²) < 4.78 is 42.8. The smallest absolute Gasteiger partial charge is 0.251 e. The van der Waals surface area contributed by atoms with Crippen molar-refractivity contribution >= 4 is 15.9 Å². The van der Waals surface area contributed by atoms with Gasteiger partial charge in [0.1, 0.15) is 12.7 Å². The minimum Gasteiger partial charge on any atom is -0.493 e. The van der Waals surface area contributed by atoms with Gasteiger partial charge in [0.25, 0.3) is 5.91 Å². The zero-order chi connectivity index (χ0) is 22.9. The minimum atomic E-state index is -3.76. The summed E-state index contributed by atoms with van der Waals surface area (Å²) in [5.74, 6) is 0.690. The molecule has 9 nitrogen and oxygen atoms in total. The number of carbonyl (C=O) groups excluding carboxylic acids is 1. The fourth-order valence-corrected chi connectivity index (χ4v) is 3.61. The second kappa shape index (κ2) is 11.3. The SMILES string of the molecule is C=CCNS(=O)(=O)c1cccc(C(=O)NCC(O)COc2c(OC)cccc2OC)c1. The van der Waals surface area contributed by atoms with Gasteiger partial charge in [-0.2, -0.15) is 0 Å². The van der Waals surface area contributed by atoms with Crippen molar-refractivity contribution in [3.05, 3.63) is 60.7 Å². The molecule has 0 spiro atoms. The van der Waals surface area contributed by atoms with Gasteiger partial charge in [0.15, 0.2) is 11.5 Å². The molecule has 0 aliphatic heterocycles. The van der Waals surface area contributed by atoms with Crippen LogP contribution in [0.25, 0.3) is 0 Å². The summed E-state index contributed by atoms with van der Waals surface area (Å²) in [5, 5.41) is 12.7. The molecule has 2 aromatic rings. The van der Waals surface area contributed by atoms with Crippen molar-refractivity contribution in [3.8, 4) is 17.2 Å². The average Bonchev–Trinajstić information content (AvgIpc) is 2.79. The van der Waals surface area contributed by atoms with E-state index in [-0.39, 0.29) is 30.2 Å². The van der Waals surface area contributed by atoms with Crippen molar-refractivity contribution in [3.63, 3.8) is 0 Å². The van der Waals surface area contributed by atoms with Gasteiger partial charge in [-0.3, -0.25) is 4.79 Å². The maximum absolute atomic E-state index is 12.4. The molecule has 0 heterocycles. The number of methoxy groups -OCH3 is 2. The summed E-state index contributed by atoms with van der Waals surface area (Å²) in [6.45, 7) is 3.29. The second-order valence-corrected chi connectivity index (χ2v) is 8.10. The van der Waals surface area contributed by atoms with Crippen LogP contribution in [0.1, 0.15) is 10.4 Å². The summed E-state index contributed by atoms with van der Waals surface area (Å²) >= 11 is 0. The number of rotatable bonds is 12. The third kappa shape index (κ3) is 6.71. The lowest BCUT2D eigenvalue weighted by molar-refractivity contribution is 0.0833. The maximum atomic E-state index is 12.4. The van der Waals surface area contributed by atoms with Crippen LogP contribution in [0.15, 0.2) is 60.0 Å². The molecule has 0 aliphatic carbocycles. The third-order valence-electron chi connectivity index (χ3n) is 4.13. The predicted molar refractivity (Wildman–Crippen MR) is 115 cm³/mol. The van der Waals surface area contributed by atoms with Gasteiger partial charge in [0.05, 0.1) is 19.1 Å². The van der Waals surface area contributed by atoms with E-state index in [0.717, 1.165) is 0 Å². The zero-order valence-corrected chi connectivity index (χ0v) is 18.1. The Morgan fingerprint density at radius 2 is 1.81 bits per heavy atom. The van der Waals surface area contributed by atoms with E-state index < -0.39 is 22.0 Å². The Morgan fingerprint density at radius 3 is 2.42 bits per heavy atom. The van der Waals surface area contributed by atoms with Gasteiger partial charge in [-0.05, 0) is 30.3 Å². The molecule has 1 unspecified atom stereocenters. The molecule has 0 fully saturated rings. The topological polar surface area (TPSA) is 123 Å². The molecule has 2 aromatic carbocycles. The van der Waals surface area contributed by atoms with Gasteiger partial charge < -0.3 is 24.6 Å². The van der Waals surface area contributed by atoms with E-state index in [4.69, 9.17) is 14.2 Å². The molecule has 1 atom stereocenters. The number of sulfonamides is 1. The Hall–Kier alpha value is -3.08. The molecule has 3 N–H and O–H groups in total. The molecule has 1 amide bonds. The van der Waals surface area contributed by atoms with Gasteiger partial charge in [-0.15, -0.1) is 6.58 Å². The Labute approximate surface area is 181 Å². The lowest BCUT2D eigenvalue weighted by atomic mass is 10.2. The van der Waals surface area contributed by atoms with Crippen molar-refractivity contribution in [1.29, 1.82) is 0 Å². The van der Waals surface area contributed by atoms with Crippen LogP contribution in [-0.2, 0) is 10.0 Å². The number of aliphatic hydroxyl groups is 1. The van der Waals surface area contributed by atoms with E-state index in [1.54, 1.807) is 18.2 Å². The van der Waals surface area contributed by atoms with Crippen molar-refractivity contribution in [2.24, 2.45) is 0 Å². The van der Waals surface area contributed by atoms with Crippen LogP contribution >= 0.6 is 0 Å². The highest BCUT2D eigenvalue weighted by molar-refractivity contribution is 7.89. The molecular formula is C21H26N2O7S. The number of hydrogen-bond acceptors (Lipinski definition) is 7. The molecule has 0 saturated carbocycles. The predicted octanol–water partition coefficient (Wildman–Crippen LogP) is 1.34. The first-order valence-electron chi connectivity index (χ1n) is 9.33. The van der Waals surface area contributed by atoms with Gasteiger partial charge in [-0.25, -0.2) is 13.1 Å². The zero-order valence-electron chi connectivity index (χ0n) is 17.3. The summed E-state index contributed by atoms with van der Waals surface area (Å²) in [4.78, 5) is 12.3. The number of amides is 1. The second-order valence-electron chi connectivity index (χ2n) is 6.33. The van der Waals surface area contributed by atoms with Crippen molar-refractivity contribution in [2.45, 2.75) is 11.0 Å². The summed E-state index contributed by atoms with van der Waals surface area (Å²) in [6, 6.07) is 10.7. The Bertz CT molecular complexity index is 986. The Balaban J connectivity index is 1.96. The normalized spacial score (nSPS) is 12.0. The number of nitrogens with one attached hydrogen (secondary N) is 2. The van der Waals surface area contributed by atoms with Crippen LogP contribution in [0, 0.1) is 0 Å². The molecule has 2 rings (SSSR count). The summed E-state index contributed by atoms with van der Waals surface area (Å²) in [6.07, 6.45) is 0.387. The fraction of sp³-hybridized carbons (Fsp3) is 0.286. The standard InChI is InChI=1S/C21H26N2O7S/c1-4-11-23-31(26,27)17-8-5-7-15(12-17)21(25)22-13-16(24)14-30-20-18(28-2)9-6-10-19(20)29-3/h4-10,12,16,23-24H,1,11,13-14H2,2-3H3,(H,22,25). The van der Waals surface area contributed by atoms with Crippen LogP contribution in [0.4, 0.5) is 0 Å². The van der Waals surface area contributed by atoms with Crippen molar-refractivity contribution in [1.82, 2.24) is 10.0 Å². The monoisotopic (exact) mass is 450 g/mol. The van der Waals surface area contributed by atoms with E-state index in [1.165, 1.54) is 44.6 Å². The molecule has 0 aliphatic rings. The number of carbonyl (C=O) groups is 1. The van der Waals surface area contributed by atoms with Crippen LogP contribution < -0.4 is 24.2 Å². The highest BCUT2D eigenvalue weighted by atomic mass is 32.2. The molecule has 0 aromatic heterocycles. The quantitative estimate of drug-likeness (QED) is 0.417.